The molecule has 1 aliphatic rings. The highest BCUT2D eigenvalue weighted by Crippen LogP contribution is 2.22. The summed E-state index contributed by atoms with van der Waals surface area (Å²) in [4.78, 5) is 8.49. The molecule has 1 aromatic rings. The van der Waals surface area contributed by atoms with E-state index in [4.69, 9.17) is 10.6 Å². The first-order chi connectivity index (χ1) is 9.15. The molecule has 0 saturated carbocycles. The molecular weight excluding hydrogens is 266 g/mol. The van der Waals surface area contributed by atoms with Gasteiger partial charge >= 0.3 is 0 Å². The van der Waals surface area contributed by atoms with Crippen LogP contribution in [0, 0.1) is 0 Å². The highest BCUT2D eigenvalue weighted by Gasteiger charge is 2.29. The lowest BCUT2D eigenvalue weighted by molar-refractivity contribution is -0.0543. The van der Waals surface area contributed by atoms with Gasteiger partial charge in [-0.1, -0.05) is 11.8 Å². The standard InChI is InChI=1S/C11H19N5O2S/c1-19-10-14-8(6-9(15-10)16-12)13-7-11(17)2-4-18-5-3-11/h6,17H,2-5,7,12H2,1H3,(H2,13,14,15,16). The number of nitrogens with zero attached hydrogens (tertiary/aromatic N) is 2. The van der Waals surface area contributed by atoms with E-state index < -0.39 is 5.60 Å². The normalized spacial score (nSPS) is 18.1. The third kappa shape index (κ3) is 3.93. The molecule has 0 atom stereocenters. The van der Waals surface area contributed by atoms with E-state index in [0.29, 0.717) is 49.4 Å². The van der Waals surface area contributed by atoms with Gasteiger partial charge in [0.15, 0.2) is 5.16 Å². The van der Waals surface area contributed by atoms with E-state index in [1.807, 2.05) is 6.26 Å². The number of hydrogen-bond donors (Lipinski definition) is 4. The van der Waals surface area contributed by atoms with Gasteiger partial charge in [-0.15, -0.1) is 0 Å². The molecule has 1 aromatic heterocycles. The zero-order valence-corrected chi connectivity index (χ0v) is 11.7. The van der Waals surface area contributed by atoms with Crippen LogP contribution in [0.2, 0.25) is 0 Å². The topological polar surface area (TPSA) is 105 Å². The number of nitrogen functional groups attached to an aromatic ring is 1. The van der Waals surface area contributed by atoms with Crippen LogP contribution in [0.15, 0.2) is 11.2 Å². The van der Waals surface area contributed by atoms with Gasteiger partial charge in [-0.25, -0.2) is 15.8 Å². The third-order valence-corrected chi connectivity index (χ3v) is 3.61. The van der Waals surface area contributed by atoms with E-state index in [1.165, 1.54) is 11.8 Å². The minimum atomic E-state index is -0.737. The molecule has 106 valence electrons. The number of aromatic nitrogens is 2. The van der Waals surface area contributed by atoms with Gasteiger partial charge in [0.25, 0.3) is 0 Å². The Hall–Kier alpha value is -1.09. The lowest BCUT2D eigenvalue weighted by Gasteiger charge is -2.32. The first kappa shape index (κ1) is 14.3. The van der Waals surface area contributed by atoms with Crippen molar-refractivity contribution in [1.29, 1.82) is 0 Å². The molecule has 1 saturated heterocycles. The molecule has 19 heavy (non-hydrogen) atoms. The Morgan fingerprint density at radius 2 is 2.11 bits per heavy atom. The summed E-state index contributed by atoms with van der Waals surface area (Å²) in [5.41, 5.74) is 1.77. The molecule has 7 nitrogen and oxygen atoms in total. The number of thioether (sulfide) groups is 1. The van der Waals surface area contributed by atoms with Crippen molar-refractivity contribution in [3.8, 4) is 0 Å². The Labute approximate surface area is 116 Å². The van der Waals surface area contributed by atoms with E-state index in [2.05, 4.69) is 20.7 Å². The fourth-order valence-corrected chi connectivity index (χ4v) is 2.24. The van der Waals surface area contributed by atoms with E-state index in [1.54, 1.807) is 6.07 Å². The van der Waals surface area contributed by atoms with E-state index in [9.17, 15) is 5.11 Å². The van der Waals surface area contributed by atoms with Crippen molar-refractivity contribution in [1.82, 2.24) is 9.97 Å². The van der Waals surface area contributed by atoms with Crippen molar-refractivity contribution < 1.29 is 9.84 Å². The van der Waals surface area contributed by atoms with Crippen LogP contribution in [0.5, 0.6) is 0 Å². The molecular formula is C11H19N5O2S. The fourth-order valence-electron chi connectivity index (χ4n) is 1.86. The van der Waals surface area contributed by atoms with Crippen LogP contribution in [0.4, 0.5) is 11.6 Å². The maximum absolute atomic E-state index is 10.4. The van der Waals surface area contributed by atoms with E-state index in [-0.39, 0.29) is 0 Å². The van der Waals surface area contributed by atoms with Gasteiger partial charge in [0, 0.05) is 38.7 Å². The average Bonchev–Trinajstić information content (AvgIpc) is 2.45. The second-order valence-electron chi connectivity index (χ2n) is 4.46. The quantitative estimate of drug-likeness (QED) is 0.267. The molecule has 1 aliphatic heterocycles. The lowest BCUT2D eigenvalue weighted by Crippen LogP contribution is -2.42. The Balaban J connectivity index is 2.02. The highest BCUT2D eigenvalue weighted by atomic mass is 32.2. The summed E-state index contributed by atoms with van der Waals surface area (Å²) in [5, 5.41) is 14.1. The lowest BCUT2D eigenvalue weighted by atomic mass is 9.94. The van der Waals surface area contributed by atoms with Crippen molar-refractivity contribution in [2.24, 2.45) is 5.84 Å². The Bertz CT molecular complexity index is 403. The Morgan fingerprint density at radius 3 is 2.74 bits per heavy atom. The third-order valence-electron chi connectivity index (χ3n) is 3.06. The molecule has 8 heteroatoms. The second kappa shape index (κ2) is 6.38. The van der Waals surface area contributed by atoms with Crippen LogP contribution in [-0.4, -0.2) is 46.7 Å². The summed E-state index contributed by atoms with van der Waals surface area (Å²) >= 11 is 1.43. The van der Waals surface area contributed by atoms with Crippen LogP contribution in [0.1, 0.15) is 12.8 Å². The maximum atomic E-state index is 10.4. The molecule has 2 rings (SSSR count). The molecule has 0 aromatic carbocycles. The fraction of sp³-hybridized carbons (Fsp3) is 0.636. The number of rotatable bonds is 5. The summed E-state index contributed by atoms with van der Waals surface area (Å²) in [6.45, 7) is 1.62. The predicted octanol–water partition coefficient (Wildman–Crippen LogP) is 0.437. The number of aliphatic hydroxyl groups is 1. The number of hydrazine groups is 1. The maximum Gasteiger partial charge on any atom is 0.191 e. The molecule has 0 amide bonds. The summed E-state index contributed by atoms with van der Waals surface area (Å²) in [6.07, 6.45) is 3.15. The van der Waals surface area contributed by atoms with Gasteiger partial charge in [0.2, 0.25) is 0 Å². The smallest absolute Gasteiger partial charge is 0.191 e. The number of hydrogen-bond acceptors (Lipinski definition) is 8. The van der Waals surface area contributed by atoms with Crippen LogP contribution >= 0.6 is 11.8 Å². The summed E-state index contributed by atoms with van der Waals surface area (Å²) in [7, 11) is 0. The molecule has 0 bridgehead atoms. The van der Waals surface area contributed by atoms with Crippen LogP contribution in [0.3, 0.4) is 0 Å². The molecule has 2 heterocycles. The number of anilines is 2. The van der Waals surface area contributed by atoms with Crippen LogP contribution in [0.25, 0.3) is 0 Å². The van der Waals surface area contributed by atoms with Gasteiger partial charge in [-0.2, -0.15) is 0 Å². The molecule has 1 fully saturated rings. The predicted molar refractivity (Wildman–Crippen MR) is 75.1 cm³/mol. The summed E-state index contributed by atoms with van der Waals surface area (Å²) < 4.78 is 5.25. The summed E-state index contributed by atoms with van der Waals surface area (Å²) in [5.74, 6) is 6.55. The summed E-state index contributed by atoms with van der Waals surface area (Å²) in [6, 6.07) is 1.71. The minimum Gasteiger partial charge on any atom is -0.388 e. The van der Waals surface area contributed by atoms with Crippen molar-refractivity contribution in [2.45, 2.75) is 23.6 Å². The van der Waals surface area contributed by atoms with Gasteiger partial charge in [-0.05, 0) is 6.26 Å². The first-order valence-corrected chi connectivity index (χ1v) is 7.31. The molecule has 0 unspecified atom stereocenters. The largest absolute Gasteiger partial charge is 0.388 e. The SMILES string of the molecule is CSc1nc(NN)cc(NCC2(O)CCOCC2)n1. The average molecular weight is 285 g/mol. The van der Waals surface area contributed by atoms with E-state index >= 15 is 0 Å². The van der Waals surface area contributed by atoms with Crippen molar-refractivity contribution in [3.63, 3.8) is 0 Å². The van der Waals surface area contributed by atoms with Crippen molar-refractivity contribution in [2.75, 3.05) is 36.8 Å². The van der Waals surface area contributed by atoms with Gasteiger partial charge in [0.05, 0.1) is 5.60 Å². The van der Waals surface area contributed by atoms with Gasteiger partial charge in [-0.3, -0.25) is 0 Å². The molecule has 5 N–H and O–H groups in total. The van der Waals surface area contributed by atoms with Crippen LogP contribution < -0.4 is 16.6 Å². The Kier molecular flexibility index (Phi) is 4.81. The number of nitrogens with one attached hydrogen (secondary N) is 2. The van der Waals surface area contributed by atoms with E-state index in [0.717, 1.165) is 0 Å². The minimum absolute atomic E-state index is 0.436. The number of nitrogens with two attached hydrogens (primary N) is 1. The monoisotopic (exact) mass is 285 g/mol. The number of ether oxygens (including phenoxy) is 1. The first-order valence-electron chi connectivity index (χ1n) is 6.09. The second-order valence-corrected chi connectivity index (χ2v) is 5.23. The van der Waals surface area contributed by atoms with Crippen molar-refractivity contribution >= 4 is 23.4 Å². The zero-order valence-electron chi connectivity index (χ0n) is 10.8. The van der Waals surface area contributed by atoms with Crippen molar-refractivity contribution in [3.05, 3.63) is 6.07 Å². The molecule has 0 spiro atoms. The van der Waals surface area contributed by atoms with Gasteiger partial charge < -0.3 is 20.6 Å². The van der Waals surface area contributed by atoms with Crippen LogP contribution in [-0.2, 0) is 4.74 Å². The molecule has 0 radical (unpaired) electrons. The highest BCUT2D eigenvalue weighted by molar-refractivity contribution is 7.98. The zero-order chi connectivity index (χ0) is 13.7. The van der Waals surface area contributed by atoms with Gasteiger partial charge in [0.1, 0.15) is 11.6 Å². The molecule has 0 aliphatic carbocycles. The Morgan fingerprint density at radius 1 is 1.42 bits per heavy atom.